The highest BCUT2D eigenvalue weighted by Crippen LogP contribution is 2.31. The maximum atomic E-state index is 12.5. The van der Waals surface area contributed by atoms with Gasteiger partial charge in [0.1, 0.15) is 6.04 Å². The Morgan fingerprint density at radius 1 is 1.52 bits per heavy atom. The molecule has 1 aromatic carbocycles. The number of carbonyl (C=O) groups excluding carboxylic acids is 1. The molecule has 1 N–H and O–H groups in total. The van der Waals surface area contributed by atoms with Gasteiger partial charge in [-0.15, -0.1) is 11.3 Å². The molecule has 1 aliphatic rings. The minimum absolute atomic E-state index is 0.00440. The van der Waals surface area contributed by atoms with E-state index >= 15 is 0 Å². The molecule has 21 heavy (non-hydrogen) atoms. The van der Waals surface area contributed by atoms with Gasteiger partial charge in [-0.25, -0.2) is 4.98 Å². The number of hydrogen-bond acceptors (Lipinski definition) is 4. The number of amides is 1. The number of nitrogens with one attached hydrogen (secondary N) is 1. The van der Waals surface area contributed by atoms with Crippen LogP contribution in [0.1, 0.15) is 18.4 Å². The summed E-state index contributed by atoms with van der Waals surface area (Å²) in [7, 11) is 1.96. The number of benzene rings is 1. The van der Waals surface area contributed by atoms with Gasteiger partial charge < -0.3 is 10.2 Å². The van der Waals surface area contributed by atoms with Crippen molar-refractivity contribution in [1.29, 1.82) is 0 Å². The number of carbonyl (C=O) groups is 1. The predicted octanol–water partition coefficient (Wildman–Crippen LogP) is 3.58. The van der Waals surface area contributed by atoms with Crippen LogP contribution in [0.15, 0.2) is 29.8 Å². The summed E-state index contributed by atoms with van der Waals surface area (Å²) in [6.07, 6.45) is 4.42. The van der Waals surface area contributed by atoms with Gasteiger partial charge >= 0.3 is 0 Å². The highest BCUT2D eigenvalue weighted by atomic mass is 35.5. The van der Waals surface area contributed by atoms with E-state index in [1.165, 1.54) is 16.9 Å². The lowest BCUT2D eigenvalue weighted by molar-refractivity contribution is -0.117. The van der Waals surface area contributed by atoms with Crippen molar-refractivity contribution in [3.63, 3.8) is 0 Å². The number of fused-ring (bicyclic) bond motifs is 1. The molecule has 1 aromatic heterocycles. The van der Waals surface area contributed by atoms with Crippen LogP contribution in [0.3, 0.4) is 0 Å². The third kappa shape index (κ3) is 3.04. The van der Waals surface area contributed by atoms with Crippen molar-refractivity contribution >= 4 is 39.7 Å². The molecule has 0 bridgehead atoms. The molecule has 0 radical (unpaired) electrons. The van der Waals surface area contributed by atoms with Crippen molar-refractivity contribution in [2.24, 2.45) is 0 Å². The Balaban J connectivity index is 1.83. The summed E-state index contributed by atoms with van der Waals surface area (Å²) in [4.78, 5) is 18.6. The Hall–Kier alpha value is -1.59. The fourth-order valence-corrected chi connectivity index (χ4v) is 3.45. The van der Waals surface area contributed by atoms with Crippen LogP contribution >= 0.6 is 22.9 Å². The number of thiazole rings is 1. The summed E-state index contributed by atoms with van der Waals surface area (Å²) in [5.41, 5.74) is 2.28. The predicted molar refractivity (Wildman–Crippen MR) is 87.3 cm³/mol. The van der Waals surface area contributed by atoms with E-state index in [2.05, 4.69) is 10.3 Å². The standard InChI is InChI=1S/C15H16ClN3OS/c1-19-12-6-5-11(16)9-10(12)3-2-4-13(19)14(20)18-15-17-7-8-21-15/h5-9,13H,2-4H2,1H3,(H,17,18,20). The number of aromatic nitrogens is 1. The first kappa shape index (κ1) is 14.4. The number of likely N-dealkylation sites (N-methyl/N-ethyl adjacent to an activating group) is 1. The molecule has 0 spiro atoms. The Morgan fingerprint density at radius 3 is 3.14 bits per heavy atom. The minimum Gasteiger partial charge on any atom is -0.362 e. The highest BCUT2D eigenvalue weighted by Gasteiger charge is 2.27. The van der Waals surface area contributed by atoms with Crippen LogP contribution in [0.5, 0.6) is 0 Å². The molecule has 0 aliphatic carbocycles. The number of halogens is 1. The monoisotopic (exact) mass is 321 g/mol. The molecule has 1 unspecified atom stereocenters. The molecule has 3 rings (SSSR count). The second-order valence-electron chi connectivity index (χ2n) is 5.12. The largest absolute Gasteiger partial charge is 0.362 e. The maximum absolute atomic E-state index is 12.5. The normalized spacial score (nSPS) is 18.0. The van der Waals surface area contributed by atoms with Gasteiger partial charge in [-0.2, -0.15) is 0 Å². The second kappa shape index (κ2) is 6.03. The van der Waals surface area contributed by atoms with Crippen molar-refractivity contribution in [2.45, 2.75) is 25.3 Å². The van der Waals surface area contributed by atoms with Gasteiger partial charge in [0.2, 0.25) is 5.91 Å². The average molecular weight is 322 g/mol. The quantitative estimate of drug-likeness (QED) is 0.919. The van der Waals surface area contributed by atoms with E-state index in [9.17, 15) is 4.79 Å². The summed E-state index contributed by atoms with van der Waals surface area (Å²) >= 11 is 7.50. The summed E-state index contributed by atoms with van der Waals surface area (Å²) < 4.78 is 0. The Bertz CT molecular complexity index is 644. The van der Waals surface area contributed by atoms with Gasteiger partial charge in [-0.3, -0.25) is 4.79 Å². The van der Waals surface area contributed by atoms with E-state index in [1.807, 2.05) is 35.5 Å². The molecular formula is C15H16ClN3OS. The fourth-order valence-electron chi connectivity index (χ4n) is 2.73. The van der Waals surface area contributed by atoms with Crippen molar-refractivity contribution in [1.82, 2.24) is 4.98 Å². The molecule has 0 saturated heterocycles. The van der Waals surface area contributed by atoms with Gasteiger partial charge in [0, 0.05) is 29.3 Å². The number of hydrogen-bond donors (Lipinski definition) is 1. The van der Waals surface area contributed by atoms with Crippen LogP contribution in [-0.2, 0) is 11.2 Å². The zero-order valence-corrected chi connectivity index (χ0v) is 13.2. The van der Waals surface area contributed by atoms with Crippen LogP contribution in [0.25, 0.3) is 0 Å². The topological polar surface area (TPSA) is 45.2 Å². The summed E-state index contributed by atoms with van der Waals surface area (Å²) in [6.45, 7) is 0. The molecule has 2 heterocycles. The van der Waals surface area contributed by atoms with E-state index in [-0.39, 0.29) is 11.9 Å². The molecule has 0 saturated carbocycles. The van der Waals surface area contributed by atoms with Gasteiger partial charge in [0.15, 0.2) is 5.13 Å². The first-order valence-electron chi connectivity index (χ1n) is 6.87. The smallest absolute Gasteiger partial charge is 0.248 e. The first-order valence-corrected chi connectivity index (χ1v) is 8.12. The van der Waals surface area contributed by atoms with E-state index in [0.29, 0.717) is 5.13 Å². The van der Waals surface area contributed by atoms with Crippen molar-refractivity contribution < 1.29 is 4.79 Å². The van der Waals surface area contributed by atoms with Crippen molar-refractivity contribution in [2.75, 3.05) is 17.3 Å². The molecular weight excluding hydrogens is 306 g/mol. The number of anilines is 2. The van der Waals surface area contributed by atoms with E-state index < -0.39 is 0 Å². The fraction of sp³-hybridized carbons (Fsp3) is 0.333. The number of aryl methyl sites for hydroxylation is 1. The molecule has 6 heteroatoms. The molecule has 4 nitrogen and oxygen atoms in total. The van der Waals surface area contributed by atoms with Gasteiger partial charge in [0.25, 0.3) is 0 Å². The Kier molecular flexibility index (Phi) is 4.12. The van der Waals surface area contributed by atoms with Gasteiger partial charge in [0.05, 0.1) is 0 Å². The van der Waals surface area contributed by atoms with E-state index in [4.69, 9.17) is 11.6 Å². The lowest BCUT2D eigenvalue weighted by Gasteiger charge is -2.28. The van der Waals surface area contributed by atoms with Crippen LogP contribution in [0, 0.1) is 0 Å². The van der Waals surface area contributed by atoms with Crippen molar-refractivity contribution in [3.05, 3.63) is 40.4 Å². The molecule has 1 aliphatic heterocycles. The van der Waals surface area contributed by atoms with Crippen molar-refractivity contribution in [3.8, 4) is 0 Å². The lowest BCUT2D eigenvalue weighted by Crippen LogP contribution is -2.41. The third-order valence-corrected chi connectivity index (χ3v) is 4.70. The number of nitrogens with zero attached hydrogens (tertiary/aromatic N) is 2. The van der Waals surface area contributed by atoms with Crippen LogP contribution < -0.4 is 10.2 Å². The Labute approximate surface area is 132 Å². The zero-order chi connectivity index (χ0) is 14.8. The summed E-state index contributed by atoms with van der Waals surface area (Å²) in [5, 5.41) is 6.13. The average Bonchev–Trinajstić information content (AvgIpc) is 2.90. The SMILES string of the molecule is CN1c2ccc(Cl)cc2CCCC1C(=O)Nc1nccs1. The zero-order valence-electron chi connectivity index (χ0n) is 11.7. The second-order valence-corrected chi connectivity index (χ2v) is 6.45. The minimum atomic E-state index is -0.184. The van der Waals surface area contributed by atoms with Crippen LogP contribution in [0.4, 0.5) is 10.8 Å². The van der Waals surface area contributed by atoms with E-state index in [0.717, 1.165) is 30.0 Å². The summed E-state index contributed by atoms with van der Waals surface area (Å²) in [5.74, 6) is -0.00440. The van der Waals surface area contributed by atoms with Crippen LogP contribution in [0.2, 0.25) is 5.02 Å². The summed E-state index contributed by atoms with van der Waals surface area (Å²) in [6, 6.07) is 5.68. The highest BCUT2D eigenvalue weighted by molar-refractivity contribution is 7.13. The van der Waals surface area contributed by atoms with E-state index in [1.54, 1.807) is 6.20 Å². The maximum Gasteiger partial charge on any atom is 0.248 e. The van der Waals surface area contributed by atoms with Gasteiger partial charge in [-0.05, 0) is 43.0 Å². The number of rotatable bonds is 2. The van der Waals surface area contributed by atoms with Crippen LogP contribution in [-0.4, -0.2) is 24.0 Å². The molecule has 0 fully saturated rings. The Morgan fingerprint density at radius 2 is 2.38 bits per heavy atom. The first-order chi connectivity index (χ1) is 10.1. The lowest BCUT2D eigenvalue weighted by atomic mass is 10.1. The molecule has 2 aromatic rings. The third-order valence-electron chi connectivity index (χ3n) is 3.78. The van der Waals surface area contributed by atoms with Gasteiger partial charge in [-0.1, -0.05) is 11.6 Å². The molecule has 1 amide bonds. The molecule has 1 atom stereocenters. The molecule has 110 valence electrons.